The Kier molecular flexibility index (Phi) is 4.32. The number of amides is 1. The van der Waals surface area contributed by atoms with Crippen molar-refractivity contribution in [3.05, 3.63) is 57.5 Å². The zero-order valence-electron chi connectivity index (χ0n) is 9.98. The number of hydrogen-bond acceptors (Lipinski definition) is 4. The third-order valence-corrected chi connectivity index (χ3v) is 3.25. The monoisotopic (exact) mass is 312 g/mol. The quantitative estimate of drug-likeness (QED) is 0.934. The molecule has 0 aliphatic rings. The lowest BCUT2D eigenvalue weighted by atomic mass is 10.1. The van der Waals surface area contributed by atoms with Crippen molar-refractivity contribution in [1.29, 1.82) is 0 Å². The van der Waals surface area contributed by atoms with Gasteiger partial charge in [-0.15, -0.1) is 0 Å². The average Bonchev–Trinajstić information content (AvgIpc) is 2.91. The summed E-state index contributed by atoms with van der Waals surface area (Å²) in [7, 11) is 0. The Balaban J connectivity index is 2.24. The first-order valence-corrected chi connectivity index (χ1v) is 6.25. The fourth-order valence-electron chi connectivity index (χ4n) is 1.58. The molecule has 5 nitrogen and oxygen atoms in total. The molecule has 104 valence electrons. The van der Waals surface area contributed by atoms with Crippen LogP contribution in [0.15, 0.2) is 34.9 Å². The van der Waals surface area contributed by atoms with Crippen LogP contribution in [0.25, 0.3) is 0 Å². The molecule has 0 aliphatic heterocycles. The number of carbonyl (C=O) groups excluding carboxylic acids is 2. The van der Waals surface area contributed by atoms with E-state index in [2.05, 4.69) is 5.32 Å². The first kappa shape index (κ1) is 14.4. The molecule has 1 aromatic heterocycles. The molecule has 1 amide bonds. The molecule has 0 unspecified atom stereocenters. The molecule has 2 aromatic rings. The standard InChI is InChI=1S/C13H9Cl2NO4/c14-10-4-8(9(13(18)19)5-11(10)15)12(17)16-6-7-2-1-3-20-7/h1-5H,6H2,(H,16,17)(H,18,19)/p-1. The van der Waals surface area contributed by atoms with E-state index in [-0.39, 0.29) is 27.7 Å². The molecular weight excluding hydrogens is 305 g/mol. The van der Waals surface area contributed by atoms with Crippen LogP contribution < -0.4 is 10.4 Å². The predicted molar refractivity (Wildman–Crippen MR) is 70.7 cm³/mol. The van der Waals surface area contributed by atoms with Crippen molar-refractivity contribution in [2.24, 2.45) is 0 Å². The van der Waals surface area contributed by atoms with Gasteiger partial charge in [-0.2, -0.15) is 0 Å². The van der Waals surface area contributed by atoms with E-state index < -0.39 is 11.9 Å². The molecule has 0 atom stereocenters. The van der Waals surface area contributed by atoms with Crippen LogP contribution in [0.4, 0.5) is 0 Å². The maximum atomic E-state index is 12.0. The van der Waals surface area contributed by atoms with Gasteiger partial charge in [0.1, 0.15) is 5.76 Å². The second-order valence-corrected chi connectivity index (χ2v) is 4.68. The van der Waals surface area contributed by atoms with E-state index in [0.29, 0.717) is 5.76 Å². The molecule has 20 heavy (non-hydrogen) atoms. The molecule has 1 N–H and O–H groups in total. The average molecular weight is 313 g/mol. The Bertz CT molecular complexity index is 653. The van der Waals surface area contributed by atoms with Crippen LogP contribution in [0, 0.1) is 0 Å². The van der Waals surface area contributed by atoms with E-state index in [1.165, 1.54) is 12.3 Å². The lowest BCUT2D eigenvalue weighted by Crippen LogP contribution is -2.29. The van der Waals surface area contributed by atoms with Crippen molar-refractivity contribution in [2.45, 2.75) is 6.54 Å². The number of carboxylic acids is 1. The van der Waals surface area contributed by atoms with Crippen molar-refractivity contribution in [1.82, 2.24) is 5.32 Å². The summed E-state index contributed by atoms with van der Waals surface area (Å²) in [6.45, 7) is 0.124. The van der Waals surface area contributed by atoms with Crippen LogP contribution in [0.2, 0.25) is 10.0 Å². The molecule has 2 rings (SSSR count). The normalized spacial score (nSPS) is 10.3. The minimum atomic E-state index is -1.51. The zero-order chi connectivity index (χ0) is 14.7. The van der Waals surface area contributed by atoms with Crippen LogP contribution in [0.3, 0.4) is 0 Å². The highest BCUT2D eigenvalue weighted by atomic mass is 35.5. The van der Waals surface area contributed by atoms with Gasteiger partial charge in [0.05, 0.1) is 28.8 Å². The number of nitrogens with one attached hydrogen (secondary N) is 1. The number of carboxylic acid groups (broad SMARTS) is 1. The summed E-state index contributed by atoms with van der Waals surface area (Å²) in [5, 5.41) is 13.6. The number of halogens is 2. The molecule has 0 saturated heterocycles. The van der Waals surface area contributed by atoms with Crippen molar-refractivity contribution < 1.29 is 19.1 Å². The van der Waals surface area contributed by atoms with Crippen molar-refractivity contribution in [2.75, 3.05) is 0 Å². The van der Waals surface area contributed by atoms with Gasteiger partial charge in [-0.05, 0) is 24.3 Å². The molecule has 7 heteroatoms. The lowest BCUT2D eigenvalue weighted by Gasteiger charge is -2.12. The number of hydrogen-bond donors (Lipinski definition) is 1. The van der Waals surface area contributed by atoms with E-state index in [4.69, 9.17) is 27.6 Å². The predicted octanol–water partition coefficient (Wildman–Crippen LogP) is 1.88. The maximum Gasteiger partial charge on any atom is 0.252 e. The number of benzene rings is 1. The van der Waals surface area contributed by atoms with Crippen LogP contribution in [0.5, 0.6) is 0 Å². The second-order valence-electron chi connectivity index (χ2n) is 3.86. The number of aromatic carboxylic acids is 1. The molecule has 0 saturated carbocycles. The number of rotatable bonds is 4. The third kappa shape index (κ3) is 3.12. The van der Waals surface area contributed by atoms with Gasteiger partial charge in [-0.25, -0.2) is 0 Å². The SMILES string of the molecule is O=C([O-])c1cc(Cl)c(Cl)cc1C(=O)NCc1ccco1. The summed E-state index contributed by atoms with van der Waals surface area (Å²) in [4.78, 5) is 23.0. The highest BCUT2D eigenvalue weighted by Gasteiger charge is 2.15. The van der Waals surface area contributed by atoms with Gasteiger partial charge in [0.15, 0.2) is 0 Å². The van der Waals surface area contributed by atoms with Crippen LogP contribution in [-0.4, -0.2) is 11.9 Å². The largest absolute Gasteiger partial charge is 0.545 e. The molecule has 1 heterocycles. The fourth-order valence-corrected chi connectivity index (χ4v) is 1.91. The Labute approximate surface area is 124 Å². The summed E-state index contributed by atoms with van der Waals surface area (Å²) < 4.78 is 5.05. The Morgan fingerprint density at radius 3 is 2.40 bits per heavy atom. The molecule has 0 spiro atoms. The smallest absolute Gasteiger partial charge is 0.252 e. The van der Waals surface area contributed by atoms with Gasteiger partial charge >= 0.3 is 0 Å². The minimum absolute atomic E-state index is 0.0356. The summed E-state index contributed by atoms with van der Waals surface area (Å²) in [5.74, 6) is -1.58. The number of carbonyl (C=O) groups is 2. The summed E-state index contributed by atoms with van der Waals surface area (Å²) >= 11 is 11.5. The van der Waals surface area contributed by atoms with Crippen molar-refractivity contribution in [3.8, 4) is 0 Å². The highest BCUT2D eigenvalue weighted by Crippen LogP contribution is 2.25. The van der Waals surface area contributed by atoms with Gasteiger partial charge in [0.25, 0.3) is 5.91 Å². The topological polar surface area (TPSA) is 82.4 Å². The Morgan fingerprint density at radius 1 is 1.20 bits per heavy atom. The van der Waals surface area contributed by atoms with Gasteiger partial charge in [0, 0.05) is 11.1 Å². The zero-order valence-corrected chi connectivity index (χ0v) is 11.5. The second kappa shape index (κ2) is 5.98. The van der Waals surface area contributed by atoms with Crippen LogP contribution in [0.1, 0.15) is 26.5 Å². The number of furan rings is 1. The molecule has 1 aromatic carbocycles. The Morgan fingerprint density at radius 2 is 1.85 bits per heavy atom. The van der Waals surface area contributed by atoms with E-state index in [9.17, 15) is 14.7 Å². The van der Waals surface area contributed by atoms with Gasteiger partial charge < -0.3 is 19.6 Å². The van der Waals surface area contributed by atoms with E-state index in [1.54, 1.807) is 12.1 Å². The van der Waals surface area contributed by atoms with E-state index >= 15 is 0 Å². The Hall–Kier alpha value is -1.98. The van der Waals surface area contributed by atoms with Gasteiger partial charge in [0.2, 0.25) is 0 Å². The first-order valence-electron chi connectivity index (χ1n) is 5.50. The molecule has 0 radical (unpaired) electrons. The highest BCUT2D eigenvalue weighted by molar-refractivity contribution is 6.42. The van der Waals surface area contributed by atoms with Crippen molar-refractivity contribution >= 4 is 35.1 Å². The van der Waals surface area contributed by atoms with Crippen LogP contribution in [-0.2, 0) is 6.54 Å². The summed E-state index contributed by atoms with van der Waals surface area (Å²) in [5.41, 5.74) is -0.442. The van der Waals surface area contributed by atoms with Gasteiger partial charge in [-0.3, -0.25) is 4.79 Å². The fraction of sp³-hybridized carbons (Fsp3) is 0.0769. The molecular formula is C13H8Cl2NO4-. The lowest BCUT2D eigenvalue weighted by molar-refractivity contribution is -0.255. The third-order valence-electron chi connectivity index (χ3n) is 2.53. The van der Waals surface area contributed by atoms with Gasteiger partial charge in [-0.1, -0.05) is 23.2 Å². The summed E-state index contributed by atoms with van der Waals surface area (Å²) in [6, 6.07) is 5.62. The van der Waals surface area contributed by atoms with E-state index in [0.717, 1.165) is 6.07 Å². The molecule has 0 aliphatic carbocycles. The maximum absolute atomic E-state index is 12.0. The van der Waals surface area contributed by atoms with Crippen LogP contribution >= 0.6 is 23.2 Å². The summed E-state index contributed by atoms with van der Waals surface area (Å²) in [6.07, 6.45) is 1.47. The van der Waals surface area contributed by atoms with E-state index in [1.807, 2.05) is 0 Å². The molecule has 0 bridgehead atoms. The first-order chi connectivity index (χ1) is 9.49. The molecule has 0 fully saturated rings. The minimum Gasteiger partial charge on any atom is -0.545 e. The van der Waals surface area contributed by atoms with Crippen molar-refractivity contribution in [3.63, 3.8) is 0 Å².